The van der Waals surface area contributed by atoms with E-state index in [4.69, 9.17) is 0 Å². The van der Waals surface area contributed by atoms with Gasteiger partial charge >= 0.3 is 0 Å². The van der Waals surface area contributed by atoms with Gasteiger partial charge in [0.1, 0.15) is 5.82 Å². The Kier molecular flexibility index (Phi) is 7.58. The summed E-state index contributed by atoms with van der Waals surface area (Å²) in [7, 11) is 0. The van der Waals surface area contributed by atoms with Crippen LogP contribution in [-0.4, -0.2) is 0 Å². The van der Waals surface area contributed by atoms with E-state index in [1.165, 1.54) is 31.7 Å². The Hall–Kier alpha value is -1.77. The maximum Gasteiger partial charge on any atom is 0.162 e. The zero-order valence-electron chi connectivity index (χ0n) is 16.9. The summed E-state index contributed by atoms with van der Waals surface area (Å²) < 4.78 is 41.7. The summed E-state index contributed by atoms with van der Waals surface area (Å²) >= 11 is 0. The fourth-order valence-electron chi connectivity index (χ4n) is 4.34. The van der Waals surface area contributed by atoms with Gasteiger partial charge in [0.05, 0.1) is 0 Å². The molecule has 0 aromatic heterocycles. The van der Waals surface area contributed by atoms with E-state index >= 15 is 0 Å². The van der Waals surface area contributed by atoms with Crippen LogP contribution in [-0.2, 0) is 25.7 Å². The Labute approximate surface area is 167 Å². The van der Waals surface area contributed by atoms with Crippen molar-refractivity contribution < 1.29 is 13.2 Å². The number of halogens is 3. The summed E-state index contributed by atoms with van der Waals surface area (Å²) in [6.07, 6.45) is 10.8. The summed E-state index contributed by atoms with van der Waals surface area (Å²) in [6.45, 7) is 2.21. The molecule has 2 aromatic carbocycles. The molecular weight excluding hydrogens is 357 g/mol. The lowest BCUT2D eigenvalue weighted by Gasteiger charge is -2.25. The Bertz CT molecular complexity index is 782. The molecule has 0 nitrogen and oxygen atoms in total. The number of rotatable bonds is 9. The second kappa shape index (κ2) is 10.1. The first-order chi connectivity index (χ1) is 13.6. The summed E-state index contributed by atoms with van der Waals surface area (Å²) in [5.74, 6) is -1.15. The molecule has 0 fully saturated rings. The molecule has 1 unspecified atom stereocenters. The third-order valence-corrected chi connectivity index (χ3v) is 6.11. The first kappa shape index (κ1) is 21.0. The number of benzene rings is 2. The van der Waals surface area contributed by atoms with Crippen LogP contribution in [0.2, 0.25) is 0 Å². The van der Waals surface area contributed by atoms with Gasteiger partial charge in [0.15, 0.2) is 11.6 Å². The van der Waals surface area contributed by atoms with Crippen molar-refractivity contribution in [2.75, 3.05) is 0 Å². The molecule has 0 heterocycles. The van der Waals surface area contributed by atoms with Crippen molar-refractivity contribution in [3.05, 3.63) is 70.0 Å². The quantitative estimate of drug-likeness (QED) is 0.394. The maximum atomic E-state index is 14.5. The fourth-order valence-corrected chi connectivity index (χ4v) is 4.34. The number of hydrogen-bond donors (Lipinski definition) is 0. The van der Waals surface area contributed by atoms with Gasteiger partial charge in [0, 0.05) is 0 Å². The summed E-state index contributed by atoms with van der Waals surface area (Å²) in [5, 5.41) is 0. The molecule has 3 heteroatoms. The third-order valence-electron chi connectivity index (χ3n) is 6.11. The highest BCUT2D eigenvalue weighted by atomic mass is 19.2. The van der Waals surface area contributed by atoms with Crippen LogP contribution in [0.3, 0.4) is 0 Å². The molecule has 152 valence electrons. The van der Waals surface area contributed by atoms with Crippen molar-refractivity contribution in [3.8, 4) is 0 Å². The molecule has 1 atom stereocenters. The van der Waals surface area contributed by atoms with Gasteiger partial charge in [-0.05, 0) is 85.3 Å². The van der Waals surface area contributed by atoms with Gasteiger partial charge in [-0.25, -0.2) is 13.2 Å². The minimum atomic E-state index is -0.760. The van der Waals surface area contributed by atoms with E-state index in [1.54, 1.807) is 12.1 Å². The van der Waals surface area contributed by atoms with Crippen molar-refractivity contribution in [3.63, 3.8) is 0 Å². The standard InChI is InChI=1S/C25H31F3/c1-2-3-4-5-6-7-18-8-11-20(24(27)17-18)12-9-19-10-14-22-21(16-19)13-15-23(26)25(22)28/h8,11,13,15,17,19H,2-7,9-10,12,14,16H2,1H3. The minimum Gasteiger partial charge on any atom is -0.207 e. The predicted molar refractivity (Wildman–Crippen MR) is 109 cm³/mol. The predicted octanol–water partition coefficient (Wildman–Crippen LogP) is 7.35. The van der Waals surface area contributed by atoms with Crippen LogP contribution in [0.15, 0.2) is 30.3 Å². The number of hydrogen-bond acceptors (Lipinski definition) is 0. The Morgan fingerprint density at radius 2 is 1.71 bits per heavy atom. The Morgan fingerprint density at radius 1 is 0.893 bits per heavy atom. The molecule has 0 amide bonds. The molecule has 0 saturated heterocycles. The lowest BCUT2D eigenvalue weighted by Crippen LogP contribution is -2.17. The van der Waals surface area contributed by atoms with Gasteiger partial charge < -0.3 is 0 Å². The maximum absolute atomic E-state index is 14.5. The molecule has 1 aliphatic rings. The van der Waals surface area contributed by atoms with E-state index in [1.807, 2.05) is 6.07 Å². The summed E-state index contributed by atoms with van der Waals surface area (Å²) in [5.41, 5.74) is 3.30. The van der Waals surface area contributed by atoms with Crippen LogP contribution in [0, 0.1) is 23.4 Å². The monoisotopic (exact) mass is 388 g/mol. The molecule has 0 radical (unpaired) electrons. The molecule has 3 rings (SSSR count). The van der Waals surface area contributed by atoms with Gasteiger partial charge in [-0.15, -0.1) is 0 Å². The van der Waals surface area contributed by atoms with E-state index < -0.39 is 11.6 Å². The molecule has 0 bridgehead atoms. The van der Waals surface area contributed by atoms with E-state index in [0.717, 1.165) is 48.8 Å². The molecule has 1 aliphatic carbocycles. The third kappa shape index (κ3) is 5.40. The second-order valence-electron chi connectivity index (χ2n) is 8.24. The molecule has 0 N–H and O–H groups in total. The fraction of sp³-hybridized carbons (Fsp3) is 0.520. The zero-order valence-corrected chi connectivity index (χ0v) is 16.9. The first-order valence-corrected chi connectivity index (χ1v) is 10.8. The highest BCUT2D eigenvalue weighted by Gasteiger charge is 2.23. The van der Waals surface area contributed by atoms with Crippen molar-refractivity contribution in [2.24, 2.45) is 5.92 Å². The number of fused-ring (bicyclic) bond motifs is 1. The molecule has 0 spiro atoms. The SMILES string of the molecule is CCCCCCCc1ccc(CCC2CCc3c(ccc(F)c3F)C2)c(F)c1. The van der Waals surface area contributed by atoms with Gasteiger partial charge in [-0.2, -0.15) is 0 Å². The average molecular weight is 389 g/mol. The highest BCUT2D eigenvalue weighted by molar-refractivity contribution is 5.32. The molecular formula is C25H31F3. The smallest absolute Gasteiger partial charge is 0.162 e. The van der Waals surface area contributed by atoms with E-state index in [-0.39, 0.29) is 5.82 Å². The zero-order chi connectivity index (χ0) is 19.9. The molecule has 28 heavy (non-hydrogen) atoms. The van der Waals surface area contributed by atoms with Crippen LogP contribution >= 0.6 is 0 Å². The van der Waals surface area contributed by atoms with Crippen molar-refractivity contribution >= 4 is 0 Å². The van der Waals surface area contributed by atoms with Crippen LogP contribution in [0.1, 0.15) is 74.1 Å². The first-order valence-electron chi connectivity index (χ1n) is 10.8. The summed E-state index contributed by atoms with van der Waals surface area (Å²) in [4.78, 5) is 0. The van der Waals surface area contributed by atoms with E-state index in [0.29, 0.717) is 24.3 Å². The van der Waals surface area contributed by atoms with E-state index in [2.05, 4.69) is 13.0 Å². The van der Waals surface area contributed by atoms with Crippen LogP contribution in [0.4, 0.5) is 13.2 Å². The van der Waals surface area contributed by atoms with Gasteiger partial charge in [-0.1, -0.05) is 50.8 Å². The van der Waals surface area contributed by atoms with Crippen LogP contribution in [0.25, 0.3) is 0 Å². The number of unbranched alkanes of at least 4 members (excludes halogenated alkanes) is 4. The lowest BCUT2D eigenvalue weighted by molar-refractivity contribution is 0.407. The van der Waals surface area contributed by atoms with Crippen molar-refractivity contribution in [2.45, 2.75) is 77.6 Å². The highest BCUT2D eigenvalue weighted by Crippen LogP contribution is 2.31. The normalized spacial score (nSPS) is 16.2. The van der Waals surface area contributed by atoms with E-state index in [9.17, 15) is 13.2 Å². The second-order valence-corrected chi connectivity index (χ2v) is 8.24. The largest absolute Gasteiger partial charge is 0.207 e. The van der Waals surface area contributed by atoms with Crippen LogP contribution in [0.5, 0.6) is 0 Å². The van der Waals surface area contributed by atoms with Crippen molar-refractivity contribution in [1.82, 2.24) is 0 Å². The van der Waals surface area contributed by atoms with Crippen molar-refractivity contribution in [1.29, 1.82) is 0 Å². The van der Waals surface area contributed by atoms with Gasteiger partial charge in [0.2, 0.25) is 0 Å². The topological polar surface area (TPSA) is 0 Å². The summed E-state index contributed by atoms with van der Waals surface area (Å²) in [6, 6.07) is 8.62. The number of aryl methyl sites for hydroxylation is 2. The molecule has 0 saturated carbocycles. The van der Waals surface area contributed by atoms with Gasteiger partial charge in [0.25, 0.3) is 0 Å². The van der Waals surface area contributed by atoms with Gasteiger partial charge in [-0.3, -0.25) is 0 Å². The lowest BCUT2D eigenvalue weighted by atomic mass is 9.81. The molecule has 0 aliphatic heterocycles. The molecule has 2 aromatic rings. The Balaban J connectivity index is 1.50. The Morgan fingerprint density at radius 3 is 2.50 bits per heavy atom. The van der Waals surface area contributed by atoms with Crippen LogP contribution < -0.4 is 0 Å². The minimum absolute atomic E-state index is 0.101. The average Bonchev–Trinajstić information content (AvgIpc) is 2.70.